The smallest absolute Gasteiger partial charge is 0.137 e. The first-order valence-electron chi connectivity index (χ1n) is 6.26. The fraction of sp³-hybridized carbons (Fsp3) is 0.357. The SMILES string of the molecule is ClCc1csc(CCCCOc2ccc(Cl)cc2Cl)n1. The topological polar surface area (TPSA) is 22.1 Å². The zero-order valence-corrected chi connectivity index (χ0v) is 13.8. The van der Waals surface area contributed by atoms with Crippen LogP contribution in [0.25, 0.3) is 0 Å². The van der Waals surface area contributed by atoms with Crippen LogP contribution in [-0.4, -0.2) is 11.6 Å². The van der Waals surface area contributed by atoms with E-state index < -0.39 is 0 Å². The van der Waals surface area contributed by atoms with E-state index >= 15 is 0 Å². The minimum absolute atomic E-state index is 0.481. The van der Waals surface area contributed by atoms with E-state index in [1.165, 1.54) is 0 Å². The van der Waals surface area contributed by atoms with Crippen molar-refractivity contribution >= 4 is 46.1 Å². The number of unbranched alkanes of at least 4 members (excludes halogenated alkanes) is 1. The van der Waals surface area contributed by atoms with Crippen LogP contribution < -0.4 is 4.74 Å². The highest BCUT2D eigenvalue weighted by Crippen LogP contribution is 2.27. The Kier molecular flexibility index (Phi) is 6.43. The van der Waals surface area contributed by atoms with Gasteiger partial charge in [0.05, 0.1) is 28.2 Å². The summed E-state index contributed by atoms with van der Waals surface area (Å²) in [4.78, 5) is 4.42. The van der Waals surface area contributed by atoms with E-state index in [0.29, 0.717) is 28.3 Å². The quantitative estimate of drug-likeness (QED) is 0.479. The zero-order chi connectivity index (χ0) is 14.4. The van der Waals surface area contributed by atoms with E-state index in [2.05, 4.69) is 4.98 Å². The van der Waals surface area contributed by atoms with Gasteiger partial charge in [-0.15, -0.1) is 22.9 Å². The Morgan fingerprint density at radius 2 is 2.05 bits per heavy atom. The molecule has 0 aliphatic carbocycles. The third kappa shape index (κ3) is 4.81. The maximum atomic E-state index is 6.03. The highest BCUT2D eigenvalue weighted by Gasteiger charge is 2.03. The Morgan fingerprint density at radius 1 is 1.20 bits per heavy atom. The molecule has 1 aromatic heterocycles. The molecule has 2 nitrogen and oxygen atoms in total. The molecule has 0 atom stereocenters. The van der Waals surface area contributed by atoms with Gasteiger partial charge in [-0.2, -0.15) is 0 Å². The molecule has 2 aromatic rings. The molecule has 6 heteroatoms. The van der Waals surface area contributed by atoms with Crippen LogP contribution in [0.3, 0.4) is 0 Å². The zero-order valence-electron chi connectivity index (χ0n) is 10.7. The van der Waals surface area contributed by atoms with Crippen LogP contribution in [0.15, 0.2) is 23.6 Å². The van der Waals surface area contributed by atoms with Gasteiger partial charge in [0.2, 0.25) is 0 Å². The predicted octanol–water partition coefficient (Wildman–Crippen LogP) is 5.59. The first-order valence-corrected chi connectivity index (χ1v) is 8.43. The standard InChI is InChI=1S/C14H14Cl3NOS/c15-8-11-9-20-14(18-11)3-1-2-6-19-13-5-4-10(16)7-12(13)17/h4-5,7,9H,1-3,6,8H2. The van der Waals surface area contributed by atoms with Crippen molar-refractivity contribution in [3.05, 3.63) is 44.3 Å². The van der Waals surface area contributed by atoms with Gasteiger partial charge < -0.3 is 4.74 Å². The lowest BCUT2D eigenvalue weighted by Crippen LogP contribution is -1.98. The molecule has 0 saturated carbocycles. The molecular formula is C14H14Cl3NOS. The molecule has 0 aliphatic heterocycles. The van der Waals surface area contributed by atoms with E-state index in [1.807, 2.05) is 5.38 Å². The molecule has 1 aromatic carbocycles. The molecule has 108 valence electrons. The molecule has 0 amide bonds. The van der Waals surface area contributed by atoms with Crippen LogP contribution >= 0.6 is 46.1 Å². The van der Waals surface area contributed by atoms with Crippen molar-refractivity contribution in [3.8, 4) is 5.75 Å². The Labute approximate surface area is 137 Å². The first-order chi connectivity index (χ1) is 9.69. The molecular weight excluding hydrogens is 337 g/mol. The summed E-state index contributed by atoms with van der Waals surface area (Å²) in [6.45, 7) is 0.634. The minimum atomic E-state index is 0.481. The Hall–Kier alpha value is -0.480. The van der Waals surface area contributed by atoms with Gasteiger partial charge in [0.25, 0.3) is 0 Å². The normalized spacial score (nSPS) is 10.8. The number of rotatable bonds is 7. The highest BCUT2D eigenvalue weighted by molar-refractivity contribution is 7.09. The van der Waals surface area contributed by atoms with E-state index in [9.17, 15) is 0 Å². The van der Waals surface area contributed by atoms with Crippen LogP contribution in [0.1, 0.15) is 23.5 Å². The number of hydrogen-bond acceptors (Lipinski definition) is 3. The minimum Gasteiger partial charge on any atom is -0.492 e. The number of nitrogens with zero attached hydrogens (tertiary/aromatic N) is 1. The maximum Gasteiger partial charge on any atom is 0.137 e. The number of thiazole rings is 1. The van der Waals surface area contributed by atoms with Crippen molar-refractivity contribution in [2.24, 2.45) is 0 Å². The molecule has 20 heavy (non-hydrogen) atoms. The van der Waals surface area contributed by atoms with Gasteiger partial charge >= 0.3 is 0 Å². The monoisotopic (exact) mass is 349 g/mol. The third-order valence-corrected chi connectivity index (χ3v) is 4.43. The molecule has 0 saturated heterocycles. The lowest BCUT2D eigenvalue weighted by molar-refractivity contribution is 0.307. The number of aromatic nitrogens is 1. The number of alkyl halides is 1. The van der Waals surface area contributed by atoms with Gasteiger partial charge in [0, 0.05) is 10.4 Å². The van der Waals surface area contributed by atoms with Crippen molar-refractivity contribution in [3.63, 3.8) is 0 Å². The first kappa shape index (κ1) is 15.9. The second-order valence-corrected chi connectivity index (χ2v) is 6.30. The Morgan fingerprint density at radius 3 is 2.75 bits per heavy atom. The van der Waals surface area contributed by atoms with Crippen molar-refractivity contribution in [1.82, 2.24) is 4.98 Å². The van der Waals surface area contributed by atoms with E-state index in [1.54, 1.807) is 29.5 Å². The van der Waals surface area contributed by atoms with Gasteiger partial charge in [-0.05, 0) is 37.5 Å². The van der Waals surface area contributed by atoms with Crippen molar-refractivity contribution in [2.75, 3.05) is 6.61 Å². The molecule has 0 fully saturated rings. The number of hydrogen-bond donors (Lipinski definition) is 0. The molecule has 1 heterocycles. The molecule has 0 N–H and O–H groups in total. The largest absolute Gasteiger partial charge is 0.492 e. The van der Waals surface area contributed by atoms with Crippen molar-refractivity contribution in [1.29, 1.82) is 0 Å². The molecule has 0 aliphatic rings. The third-order valence-electron chi connectivity index (χ3n) is 2.67. The fourth-order valence-corrected chi connectivity index (χ4v) is 3.21. The van der Waals surface area contributed by atoms with E-state index in [4.69, 9.17) is 39.5 Å². The van der Waals surface area contributed by atoms with Gasteiger partial charge in [-0.1, -0.05) is 23.2 Å². The Balaban J connectivity index is 1.68. The lowest BCUT2D eigenvalue weighted by atomic mass is 10.2. The van der Waals surface area contributed by atoms with Crippen LogP contribution in [0.5, 0.6) is 5.75 Å². The molecule has 0 spiro atoms. The summed E-state index contributed by atoms with van der Waals surface area (Å²) in [5.74, 6) is 1.16. The summed E-state index contributed by atoms with van der Waals surface area (Å²) in [7, 11) is 0. The van der Waals surface area contributed by atoms with Gasteiger partial charge in [0.15, 0.2) is 0 Å². The molecule has 0 unspecified atom stereocenters. The van der Waals surface area contributed by atoms with Crippen molar-refractivity contribution < 1.29 is 4.74 Å². The van der Waals surface area contributed by atoms with Crippen LogP contribution in [-0.2, 0) is 12.3 Å². The summed E-state index contributed by atoms with van der Waals surface area (Å²) in [5, 5.41) is 4.29. The summed E-state index contributed by atoms with van der Waals surface area (Å²) in [6, 6.07) is 5.24. The number of aryl methyl sites for hydroxylation is 1. The molecule has 0 bridgehead atoms. The van der Waals surface area contributed by atoms with Gasteiger partial charge in [-0.3, -0.25) is 0 Å². The number of ether oxygens (including phenoxy) is 1. The summed E-state index contributed by atoms with van der Waals surface area (Å²) < 4.78 is 5.63. The second-order valence-electron chi connectivity index (χ2n) is 4.25. The van der Waals surface area contributed by atoms with Crippen molar-refractivity contribution in [2.45, 2.75) is 25.1 Å². The lowest BCUT2D eigenvalue weighted by Gasteiger charge is -2.07. The maximum absolute atomic E-state index is 6.03. The van der Waals surface area contributed by atoms with Crippen LogP contribution in [0.4, 0.5) is 0 Å². The summed E-state index contributed by atoms with van der Waals surface area (Å²) in [6.07, 6.45) is 2.94. The fourth-order valence-electron chi connectivity index (χ4n) is 1.68. The average molecular weight is 351 g/mol. The average Bonchev–Trinajstić information content (AvgIpc) is 2.88. The summed E-state index contributed by atoms with van der Waals surface area (Å²) in [5.41, 5.74) is 0.955. The van der Waals surface area contributed by atoms with Gasteiger partial charge in [-0.25, -0.2) is 4.98 Å². The molecule has 2 rings (SSSR count). The number of halogens is 3. The van der Waals surface area contributed by atoms with Crippen LogP contribution in [0.2, 0.25) is 10.0 Å². The second kappa shape index (κ2) is 8.08. The number of benzene rings is 1. The van der Waals surface area contributed by atoms with Gasteiger partial charge in [0.1, 0.15) is 5.75 Å². The van der Waals surface area contributed by atoms with E-state index in [0.717, 1.165) is 30.0 Å². The highest BCUT2D eigenvalue weighted by atomic mass is 35.5. The van der Waals surface area contributed by atoms with E-state index in [-0.39, 0.29) is 0 Å². The molecule has 0 radical (unpaired) electrons. The van der Waals surface area contributed by atoms with Crippen LogP contribution in [0, 0.1) is 0 Å². The predicted molar refractivity (Wildman–Crippen MR) is 86.6 cm³/mol. The summed E-state index contributed by atoms with van der Waals surface area (Å²) >= 11 is 19.2. The Bertz CT molecular complexity index is 559.